The van der Waals surface area contributed by atoms with Crippen molar-refractivity contribution in [2.45, 2.75) is 12.8 Å². The van der Waals surface area contributed by atoms with Crippen LogP contribution in [0.15, 0.2) is 48.5 Å². The monoisotopic (exact) mass is 212 g/mol. The van der Waals surface area contributed by atoms with Gasteiger partial charge in [0.05, 0.1) is 0 Å². The molecule has 0 aliphatic heterocycles. The van der Waals surface area contributed by atoms with E-state index in [0.717, 1.165) is 11.4 Å². The number of rotatable bonds is 3. The SMILES string of the molecule is Cc1cccc(C(CN)c2ccccc2)n1. The third-order valence-corrected chi connectivity index (χ3v) is 2.70. The van der Waals surface area contributed by atoms with Crippen molar-refractivity contribution in [1.29, 1.82) is 0 Å². The molecule has 2 aromatic rings. The van der Waals surface area contributed by atoms with E-state index in [-0.39, 0.29) is 5.92 Å². The summed E-state index contributed by atoms with van der Waals surface area (Å²) >= 11 is 0. The molecule has 0 aliphatic rings. The fourth-order valence-corrected chi connectivity index (χ4v) is 1.87. The van der Waals surface area contributed by atoms with Crippen LogP contribution < -0.4 is 5.73 Å². The second-order valence-corrected chi connectivity index (χ2v) is 3.90. The highest BCUT2D eigenvalue weighted by atomic mass is 14.7. The second kappa shape index (κ2) is 4.90. The van der Waals surface area contributed by atoms with E-state index in [1.54, 1.807) is 0 Å². The molecule has 0 amide bonds. The Labute approximate surface area is 96.1 Å². The first-order chi connectivity index (χ1) is 7.81. The molecule has 82 valence electrons. The molecule has 1 heterocycles. The first-order valence-corrected chi connectivity index (χ1v) is 5.50. The van der Waals surface area contributed by atoms with E-state index in [9.17, 15) is 0 Å². The Morgan fingerprint density at radius 3 is 2.44 bits per heavy atom. The summed E-state index contributed by atoms with van der Waals surface area (Å²) < 4.78 is 0. The predicted molar refractivity (Wildman–Crippen MR) is 66.3 cm³/mol. The van der Waals surface area contributed by atoms with Crippen molar-refractivity contribution in [1.82, 2.24) is 4.98 Å². The molecule has 2 nitrogen and oxygen atoms in total. The Hall–Kier alpha value is -1.67. The van der Waals surface area contributed by atoms with E-state index in [4.69, 9.17) is 5.73 Å². The van der Waals surface area contributed by atoms with Gasteiger partial charge in [0, 0.05) is 23.9 Å². The zero-order valence-electron chi connectivity index (χ0n) is 9.43. The normalized spacial score (nSPS) is 12.4. The van der Waals surface area contributed by atoms with Crippen LogP contribution in [-0.4, -0.2) is 11.5 Å². The highest BCUT2D eigenvalue weighted by molar-refractivity contribution is 5.29. The Bertz CT molecular complexity index is 451. The van der Waals surface area contributed by atoms with Gasteiger partial charge in [0.15, 0.2) is 0 Å². The minimum absolute atomic E-state index is 0.195. The predicted octanol–water partition coefficient (Wildman–Crippen LogP) is 2.48. The van der Waals surface area contributed by atoms with Crippen LogP contribution in [0.4, 0.5) is 0 Å². The Balaban J connectivity index is 2.37. The van der Waals surface area contributed by atoms with Gasteiger partial charge in [-0.05, 0) is 24.6 Å². The molecule has 0 fully saturated rings. The number of aryl methyl sites for hydroxylation is 1. The molecule has 1 aromatic carbocycles. The fraction of sp³-hybridized carbons (Fsp3) is 0.214. The minimum atomic E-state index is 0.195. The number of pyridine rings is 1. The molecule has 0 bridgehead atoms. The molecule has 0 radical (unpaired) electrons. The smallest absolute Gasteiger partial charge is 0.0494 e. The Morgan fingerprint density at radius 1 is 1.06 bits per heavy atom. The Morgan fingerprint density at radius 2 is 1.81 bits per heavy atom. The van der Waals surface area contributed by atoms with Crippen LogP contribution >= 0.6 is 0 Å². The van der Waals surface area contributed by atoms with Crippen LogP contribution in [0.3, 0.4) is 0 Å². The number of hydrogen-bond donors (Lipinski definition) is 1. The Kier molecular flexibility index (Phi) is 3.32. The van der Waals surface area contributed by atoms with E-state index in [1.807, 2.05) is 43.3 Å². The van der Waals surface area contributed by atoms with Crippen LogP contribution in [-0.2, 0) is 0 Å². The number of nitrogens with two attached hydrogens (primary N) is 1. The molecular formula is C14H16N2. The summed E-state index contributed by atoms with van der Waals surface area (Å²) in [7, 11) is 0. The van der Waals surface area contributed by atoms with Crippen molar-refractivity contribution in [3.8, 4) is 0 Å². The van der Waals surface area contributed by atoms with Crippen LogP contribution in [0.1, 0.15) is 22.9 Å². The summed E-state index contributed by atoms with van der Waals surface area (Å²) in [4.78, 5) is 4.54. The first kappa shape index (κ1) is 10.8. The van der Waals surface area contributed by atoms with E-state index < -0.39 is 0 Å². The van der Waals surface area contributed by atoms with E-state index in [0.29, 0.717) is 6.54 Å². The molecule has 1 atom stereocenters. The average Bonchev–Trinajstić information content (AvgIpc) is 2.31. The summed E-state index contributed by atoms with van der Waals surface area (Å²) in [6.07, 6.45) is 0. The molecule has 0 saturated carbocycles. The van der Waals surface area contributed by atoms with Gasteiger partial charge in [0.2, 0.25) is 0 Å². The summed E-state index contributed by atoms with van der Waals surface area (Å²) in [5.41, 5.74) is 9.16. The number of hydrogen-bond acceptors (Lipinski definition) is 2. The fourth-order valence-electron chi connectivity index (χ4n) is 1.87. The van der Waals surface area contributed by atoms with Crippen molar-refractivity contribution in [3.05, 3.63) is 65.5 Å². The molecule has 2 rings (SSSR count). The zero-order valence-corrected chi connectivity index (χ0v) is 9.43. The van der Waals surface area contributed by atoms with E-state index in [1.165, 1.54) is 5.56 Å². The van der Waals surface area contributed by atoms with Crippen LogP contribution in [0.5, 0.6) is 0 Å². The quantitative estimate of drug-likeness (QED) is 0.849. The van der Waals surface area contributed by atoms with Crippen molar-refractivity contribution in [2.24, 2.45) is 5.73 Å². The maximum absolute atomic E-state index is 5.85. The molecule has 16 heavy (non-hydrogen) atoms. The standard InChI is InChI=1S/C14H16N2/c1-11-6-5-9-14(16-11)13(10-15)12-7-3-2-4-8-12/h2-9,13H,10,15H2,1H3. The minimum Gasteiger partial charge on any atom is -0.329 e. The molecule has 2 heteroatoms. The lowest BCUT2D eigenvalue weighted by atomic mass is 9.95. The molecule has 0 aliphatic carbocycles. The largest absolute Gasteiger partial charge is 0.329 e. The van der Waals surface area contributed by atoms with Crippen LogP contribution in [0.2, 0.25) is 0 Å². The van der Waals surface area contributed by atoms with Crippen molar-refractivity contribution in [3.63, 3.8) is 0 Å². The van der Waals surface area contributed by atoms with Crippen LogP contribution in [0.25, 0.3) is 0 Å². The summed E-state index contributed by atoms with van der Waals surface area (Å²) in [6, 6.07) is 16.4. The van der Waals surface area contributed by atoms with Gasteiger partial charge in [-0.2, -0.15) is 0 Å². The maximum atomic E-state index is 5.85. The third kappa shape index (κ3) is 2.28. The third-order valence-electron chi connectivity index (χ3n) is 2.70. The van der Waals surface area contributed by atoms with E-state index in [2.05, 4.69) is 17.1 Å². The maximum Gasteiger partial charge on any atom is 0.0494 e. The number of aromatic nitrogens is 1. The summed E-state index contributed by atoms with van der Waals surface area (Å²) in [6.45, 7) is 2.59. The van der Waals surface area contributed by atoms with Gasteiger partial charge >= 0.3 is 0 Å². The lowest BCUT2D eigenvalue weighted by Crippen LogP contribution is -2.15. The molecular weight excluding hydrogens is 196 g/mol. The van der Waals surface area contributed by atoms with Crippen LogP contribution in [0, 0.1) is 6.92 Å². The van der Waals surface area contributed by atoms with Gasteiger partial charge in [-0.1, -0.05) is 36.4 Å². The number of nitrogens with zero attached hydrogens (tertiary/aromatic N) is 1. The first-order valence-electron chi connectivity index (χ1n) is 5.50. The second-order valence-electron chi connectivity index (χ2n) is 3.90. The zero-order chi connectivity index (χ0) is 11.4. The summed E-state index contributed by atoms with van der Waals surface area (Å²) in [5.74, 6) is 0.195. The van der Waals surface area contributed by atoms with Gasteiger partial charge < -0.3 is 5.73 Å². The van der Waals surface area contributed by atoms with Gasteiger partial charge in [0.25, 0.3) is 0 Å². The molecule has 1 unspecified atom stereocenters. The van der Waals surface area contributed by atoms with Gasteiger partial charge in [-0.3, -0.25) is 4.98 Å². The van der Waals surface area contributed by atoms with Gasteiger partial charge in [-0.15, -0.1) is 0 Å². The lowest BCUT2D eigenvalue weighted by Gasteiger charge is -2.15. The topological polar surface area (TPSA) is 38.9 Å². The number of benzene rings is 1. The summed E-state index contributed by atoms with van der Waals surface area (Å²) in [5, 5.41) is 0. The van der Waals surface area contributed by atoms with Crippen molar-refractivity contribution >= 4 is 0 Å². The lowest BCUT2D eigenvalue weighted by molar-refractivity contribution is 0.782. The van der Waals surface area contributed by atoms with E-state index >= 15 is 0 Å². The van der Waals surface area contributed by atoms with Gasteiger partial charge in [0.1, 0.15) is 0 Å². The highest BCUT2D eigenvalue weighted by Crippen LogP contribution is 2.21. The highest BCUT2D eigenvalue weighted by Gasteiger charge is 2.12. The van der Waals surface area contributed by atoms with Gasteiger partial charge in [-0.25, -0.2) is 0 Å². The van der Waals surface area contributed by atoms with Crippen molar-refractivity contribution in [2.75, 3.05) is 6.54 Å². The molecule has 2 N–H and O–H groups in total. The molecule has 0 saturated heterocycles. The average molecular weight is 212 g/mol. The molecule has 0 spiro atoms. The van der Waals surface area contributed by atoms with Crippen molar-refractivity contribution < 1.29 is 0 Å². The molecule has 1 aromatic heterocycles.